The molecule has 1 aliphatic rings. The van der Waals surface area contributed by atoms with Crippen molar-refractivity contribution in [3.8, 4) is 22.6 Å². The monoisotopic (exact) mass is 456 g/mol. The van der Waals surface area contributed by atoms with Crippen LogP contribution < -0.4 is 5.73 Å². The SMILES string of the molecule is CC(CC(=N)Cc1ccnc(C2CC2)n1)n1cnc(-c2ccc(F)cc2)c1-c1ccnc(N)n1. The van der Waals surface area contributed by atoms with Crippen LogP contribution in [0.15, 0.2) is 55.1 Å². The van der Waals surface area contributed by atoms with Crippen LogP contribution in [0, 0.1) is 11.2 Å². The molecule has 0 radical (unpaired) electrons. The Morgan fingerprint density at radius 1 is 1.09 bits per heavy atom. The van der Waals surface area contributed by atoms with Crippen molar-refractivity contribution in [2.75, 3.05) is 5.73 Å². The summed E-state index contributed by atoms with van der Waals surface area (Å²) in [7, 11) is 0. The van der Waals surface area contributed by atoms with Gasteiger partial charge in [-0.1, -0.05) is 0 Å². The topological polar surface area (TPSA) is 119 Å². The number of nitrogen functional groups attached to an aromatic ring is 1. The fourth-order valence-electron chi connectivity index (χ4n) is 4.07. The summed E-state index contributed by atoms with van der Waals surface area (Å²) in [4.78, 5) is 22.0. The number of halogens is 1. The second kappa shape index (κ2) is 9.09. The zero-order valence-electron chi connectivity index (χ0n) is 18.8. The number of nitrogens with one attached hydrogen (secondary N) is 1. The van der Waals surface area contributed by atoms with E-state index in [1.54, 1.807) is 36.9 Å². The van der Waals surface area contributed by atoms with Gasteiger partial charge in [0.2, 0.25) is 5.95 Å². The van der Waals surface area contributed by atoms with Crippen molar-refractivity contribution in [2.45, 2.75) is 44.6 Å². The van der Waals surface area contributed by atoms with Gasteiger partial charge in [-0.25, -0.2) is 29.3 Å². The van der Waals surface area contributed by atoms with Crippen LogP contribution >= 0.6 is 0 Å². The first-order valence-corrected chi connectivity index (χ1v) is 11.3. The molecule has 3 heterocycles. The maximum Gasteiger partial charge on any atom is 0.220 e. The molecular weight excluding hydrogens is 431 g/mol. The van der Waals surface area contributed by atoms with Crippen LogP contribution in [-0.2, 0) is 6.42 Å². The molecule has 1 aromatic carbocycles. The average Bonchev–Trinajstić information content (AvgIpc) is 3.58. The Labute approximate surface area is 196 Å². The molecule has 3 aromatic heterocycles. The van der Waals surface area contributed by atoms with E-state index >= 15 is 0 Å². The van der Waals surface area contributed by atoms with Crippen LogP contribution in [0.4, 0.5) is 10.3 Å². The predicted molar refractivity (Wildman–Crippen MR) is 128 cm³/mol. The lowest BCUT2D eigenvalue weighted by atomic mass is 10.0. The number of rotatable bonds is 8. The molecule has 1 unspecified atom stereocenters. The standard InChI is InChI=1S/C25H25FN8/c1-15(12-19(27)13-20-8-10-29-24(32-20)17-2-3-17)34-14-31-22(16-4-6-18(26)7-5-16)23(34)21-9-11-30-25(28)33-21/h4-11,14-15,17,27H,2-3,12-13H2,1H3,(H2,28,30,33). The highest BCUT2D eigenvalue weighted by Crippen LogP contribution is 2.38. The molecule has 0 saturated heterocycles. The molecule has 172 valence electrons. The highest BCUT2D eigenvalue weighted by molar-refractivity contribution is 5.84. The van der Waals surface area contributed by atoms with Gasteiger partial charge in [0.1, 0.15) is 11.6 Å². The summed E-state index contributed by atoms with van der Waals surface area (Å²) < 4.78 is 15.5. The van der Waals surface area contributed by atoms with Gasteiger partial charge < -0.3 is 15.7 Å². The molecule has 1 saturated carbocycles. The number of nitrogens with zero attached hydrogens (tertiary/aromatic N) is 6. The van der Waals surface area contributed by atoms with Gasteiger partial charge in [-0.3, -0.25) is 0 Å². The fourth-order valence-corrected chi connectivity index (χ4v) is 4.07. The van der Waals surface area contributed by atoms with Gasteiger partial charge in [-0.05, 0) is 56.2 Å². The molecular formula is C25H25FN8. The zero-order chi connectivity index (χ0) is 23.7. The van der Waals surface area contributed by atoms with Gasteiger partial charge in [0.05, 0.1) is 23.4 Å². The van der Waals surface area contributed by atoms with E-state index in [0.29, 0.717) is 35.9 Å². The average molecular weight is 457 g/mol. The molecule has 0 amide bonds. The Morgan fingerprint density at radius 2 is 1.85 bits per heavy atom. The van der Waals surface area contributed by atoms with Crippen molar-refractivity contribution in [3.05, 3.63) is 72.5 Å². The number of imidazole rings is 1. The minimum atomic E-state index is -0.313. The lowest BCUT2D eigenvalue weighted by molar-refractivity contribution is 0.568. The first-order chi connectivity index (χ1) is 16.5. The van der Waals surface area contributed by atoms with E-state index in [0.717, 1.165) is 35.6 Å². The van der Waals surface area contributed by atoms with E-state index < -0.39 is 0 Å². The summed E-state index contributed by atoms with van der Waals surface area (Å²) in [5.74, 6) is 1.21. The van der Waals surface area contributed by atoms with Crippen molar-refractivity contribution < 1.29 is 4.39 Å². The molecule has 9 heteroatoms. The summed E-state index contributed by atoms with van der Waals surface area (Å²) >= 11 is 0. The van der Waals surface area contributed by atoms with Gasteiger partial charge >= 0.3 is 0 Å². The van der Waals surface area contributed by atoms with Crippen molar-refractivity contribution in [1.29, 1.82) is 5.41 Å². The second-order valence-electron chi connectivity index (χ2n) is 8.67. The number of nitrogens with two attached hydrogens (primary N) is 1. The molecule has 0 bridgehead atoms. The summed E-state index contributed by atoms with van der Waals surface area (Å²) in [5.41, 5.74) is 10.1. The lowest BCUT2D eigenvalue weighted by Crippen LogP contribution is -2.14. The number of hydrogen-bond donors (Lipinski definition) is 2. The van der Waals surface area contributed by atoms with Gasteiger partial charge in [0.15, 0.2) is 0 Å². The maximum atomic E-state index is 13.5. The van der Waals surface area contributed by atoms with E-state index in [-0.39, 0.29) is 17.8 Å². The van der Waals surface area contributed by atoms with Crippen LogP contribution in [0.2, 0.25) is 0 Å². The van der Waals surface area contributed by atoms with Crippen LogP contribution in [0.25, 0.3) is 22.6 Å². The van der Waals surface area contributed by atoms with E-state index in [2.05, 4.69) is 24.9 Å². The molecule has 34 heavy (non-hydrogen) atoms. The molecule has 0 spiro atoms. The number of hydrogen-bond acceptors (Lipinski definition) is 7. The molecule has 5 rings (SSSR count). The van der Waals surface area contributed by atoms with E-state index in [9.17, 15) is 4.39 Å². The minimum Gasteiger partial charge on any atom is -0.368 e. The Morgan fingerprint density at radius 3 is 2.59 bits per heavy atom. The molecule has 1 atom stereocenters. The van der Waals surface area contributed by atoms with Crippen LogP contribution in [0.3, 0.4) is 0 Å². The third-order valence-electron chi connectivity index (χ3n) is 5.91. The summed E-state index contributed by atoms with van der Waals surface area (Å²) in [6, 6.07) is 9.76. The van der Waals surface area contributed by atoms with Crippen molar-refractivity contribution in [1.82, 2.24) is 29.5 Å². The number of aromatic nitrogens is 6. The highest BCUT2D eigenvalue weighted by atomic mass is 19.1. The maximum absolute atomic E-state index is 13.5. The van der Waals surface area contributed by atoms with Crippen LogP contribution in [0.1, 0.15) is 49.7 Å². The Bertz CT molecular complexity index is 1330. The number of benzene rings is 1. The molecule has 4 aromatic rings. The molecule has 0 aliphatic heterocycles. The van der Waals surface area contributed by atoms with Crippen molar-refractivity contribution in [3.63, 3.8) is 0 Å². The predicted octanol–water partition coefficient (Wildman–Crippen LogP) is 4.61. The zero-order valence-corrected chi connectivity index (χ0v) is 18.8. The second-order valence-corrected chi connectivity index (χ2v) is 8.67. The minimum absolute atomic E-state index is 0.0786. The van der Waals surface area contributed by atoms with E-state index in [1.807, 2.05) is 17.6 Å². The molecule has 1 fully saturated rings. The first-order valence-electron chi connectivity index (χ1n) is 11.3. The van der Waals surface area contributed by atoms with E-state index in [1.165, 1.54) is 12.1 Å². The first kappa shape index (κ1) is 21.8. The summed E-state index contributed by atoms with van der Waals surface area (Å²) in [6.07, 6.45) is 8.39. The van der Waals surface area contributed by atoms with Crippen molar-refractivity contribution in [2.24, 2.45) is 0 Å². The van der Waals surface area contributed by atoms with Gasteiger partial charge in [-0.2, -0.15) is 0 Å². The smallest absolute Gasteiger partial charge is 0.220 e. The highest BCUT2D eigenvalue weighted by Gasteiger charge is 2.26. The van der Waals surface area contributed by atoms with Crippen LogP contribution in [-0.4, -0.2) is 35.2 Å². The van der Waals surface area contributed by atoms with Gasteiger partial charge in [0, 0.05) is 54.2 Å². The lowest BCUT2D eigenvalue weighted by Gasteiger charge is -2.18. The molecule has 8 nitrogen and oxygen atoms in total. The van der Waals surface area contributed by atoms with E-state index in [4.69, 9.17) is 11.1 Å². The normalized spacial score (nSPS) is 14.2. The number of anilines is 1. The summed E-state index contributed by atoms with van der Waals surface area (Å²) in [6.45, 7) is 2.04. The Balaban J connectivity index is 1.42. The fraction of sp³-hybridized carbons (Fsp3) is 0.280. The largest absolute Gasteiger partial charge is 0.368 e. The Kier molecular flexibility index (Phi) is 5.83. The third-order valence-corrected chi connectivity index (χ3v) is 5.91. The Hall–Kier alpha value is -4.01. The molecule has 1 aliphatic carbocycles. The summed E-state index contributed by atoms with van der Waals surface area (Å²) in [5, 5.41) is 8.62. The van der Waals surface area contributed by atoms with Gasteiger partial charge in [0.25, 0.3) is 0 Å². The van der Waals surface area contributed by atoms with Crippen LogP contribution in [0.5, 0.6) is 0 Å². The van der Waals surface area contributed by atoms with Gasteiger partial charge in [-0.15, -0.1) is 0 Å². The quantitative estimate of drug-likeness (QED) is 0.374. The third kappa shape index (κ3) is 4.68. The molecule has 3 N–H and O–H groups in total. The van der Waals surface area contributed by atoms with Crippen molar-refractivity contribution >= 4 is 11.7 Å².